The summed E-state index contributed by atoms with van der Waals surface area (Å²) in [5, 5.41) is 12.1. The van der Waals surface area contributed by atoms with E-state index < -0.39 is 17.8 Å². The van der Waals surface area contributed by atoms with Gasteiger partial charge in [-0.2, -0.15) is 5.26 Å². The predicted molar refractivity (Wildman–Crippen MR) is 87.7 cm³/mol. The number of hydrogen-bond acceptors (Lipinski definition) is 4. The molecular formula is C17H27FN4O2. The Morgan fingerprint density at radius 3 is 2.62 bits per heavy atom. The van der Waals surface area contributed by atoms with Crippen LogP contribution in [0.25, 0.3) is 0 Å². The fourth-order valence-electron chi connectivity index (χ4n) is 3.45. The Morgan fingerprint density at radius 2 is 2.04 bits per heavy atom. The van der Waals surface area contributed by atoms with Crippen LogP contribution in [0.5, 0.6) is 0 Å². The molecule has 0 aliphatic carbocycles. The summed E-state index contributed by atoms with van der Waals surface area (Å²) < 4.78 is 13.4. The van der Waals surface area contributed by atoms with E-state index in [-0.39, 0.29) is 37.4 Å². The van der Waals surface area contributed by atoms with Crippen LogP contribution < -0.4 is 5.32 Å². The molecule has 24 heavy (non-hydrogen) atoms. The summed E-state index contributed by atoms with van der Waals surface area (Å²) in [7, 11) is 0. The monoisotopic (exact) mass is 338 g/mol. The van der Waals surface area contributed by atoms with Crippen LogP contribution in [0.1, 0.15) is 46.5 Å². The van der Waals surface area contributed by atoms with Crippen LogP contribution in [0.15, 0.2) is 0 Å². The van der Waals surface area contributed by atoms with Crippen molar-refractivity contribution < 1.29 is 14.0 Å². The van der Waals surface area contributed by atoms with Gasteiger partial charge in [0.15, 0.2) is 0 Å². The van der Waals surface area contributed by atoms with Crippen LogP contribution in [-0.2, 0) is 9.59 Å². The van der Waals surface area contributed by atoms with Gasteiger partial charge >= 0.3 is 0 Å². The summed E-state index contributed by atoms with van der Waals surface area (Å²) in [6, 6.07) is 1.56. The Kier molecular flexibility index (Phi) is 5.81. The molecule has 2 aliphatic rings. The highest BCUT2D eigenvalue weighted by atomic mass is 19.1. The largest absolute Gasteiger partial charge is 0.340 e. The number of carbonyl (C=O) groups is 2. The minimum absolute atomic E-state index is 0.000728. The Hall–Kier alpha value is -1.68. The summed E-state index contributed by atoms with van der Waals surface area (Å²) in [4.78, 5) is 27.8. The molecule has 3 atom stereocenters. The summed E-state index contributed by atoms with van der Waals surface area (Å²) >= 11 is 0. The molecule has 2 rings (SSSR count). The van der Waals surface area contributed by atoms with Crippen molar-refractivity contribution in [1.82, 2.24) is 15.1 Å². The number of carbonyl (C=O) groups excluding carboxylic acids is 2. The van der Waals surface area contributed by atoms with Gasteiger partial charge in [-0.15, -0.1) is 0 Å². The van der Waals surface area contributed by atoms with E-state index in [2.05, 4.69) is 12.2 Å². The van der Waals surface area contributed by atoms with E-state index in [1.54, 1.807) is 0 Å². The molecule has 2 aliphatic heterocycles. The third kappa shape index (κ3) is 4.44. The first kappa shape index (κ1) is 18.7. The van der Waals surface area contributed by atoms with Gasteiger partial charge in [-0.1, -0.05) is 0 Å². The van der Waals surface area contributed by atoms with Crippen LogP contribution in [0.3, 0.4) is 0 Å². The highest BCUT2D eigenvalue weighted by Gasteiger charge is 2.36. The number of halogens is 1. The highest BCUT2D eigenvalue weighted by Crippen LogP contribution is 2.22. The smallest absolute Gasteiger partial charge is 0.237 e. The van der Waals surface area contributed by atoms with Gasteiger partial charge in [-0.3, -0.25) is 9.59 Å². The third-order valence-corrected chi connectivity index (χ3v) is 4.90. The zero-order chi connectivity index (χ0) is 17.9. The van der Waals surface area contributed by atoms with Crippen LogP contribution in [0.2, 0.25) is 0 Å². The molecule has 2 amide bonds. The van der Waals surface area contributed by atoms with Crippen LogP contribution in [0.4, 0.5) is 4.39 Å². The average Bonchev–Trinajstić information content (AvgIpc) is 3.10. The molecule has 134 valence electrons. The molecule has 7 heteroatoms. The molecular weight excluding hydrogens is 311 g/mol. The molecule has 0 aromatic carbocycles. The normalized spacial score (nSPS) is 27.4. The van der Waals surface area contributed by atoms with Crippen molar-refractivity contribution >= 4 is 11.8 Å². The average molecular weight is 338 g/mol. The van der Waals surface area contributed by atoms with Crippen LogP contribution in [0, 0.1) is 11.3 Å². The standard InChI is InChI=1S/C17H27FN4O2/c1-12-5-4-6-21(12)15(23)8-17(2,3)20-10-16(24)22-11-13(18)7-14(22)9-19/h12-14,20H,4-8,10-11H2,1-3H3/t12-,13+,14+/m1/s1. The summed E-state index contributed by atoms with van der Waals surface area (Å²) in [5.41, 5.74) is -0.536. The molecule has 0 spiro atoms. The van der Waals surface area contributed by atoms with Gasteiger partial charge < -0.3 is 15.1 Å². The molecule has 0 saturated carbocycles. The lowest BCUT2D eigenvalue weighted by atomic mass is 9.99. The van der Waals surface area contributed by atoms with E-state index >= 15 is 0 Å². The van der Waals surface area contributed by atoms with Crippen molar-refractivity contribution in [2.45, 2.75) is 70.2 Å². The van der Waals surface area contributed by atoms with Gasteiger partial charge in [0.2, 0.25) is 11.8 Å². The fourth-order valence-corrected chi connectivity index (χ4v) is 3.45. The van der Waals surface area contributed by atoms with Crippen molar-refractivity contribution in [2.75, 3.05) is 19.6 Å². The molecule has 2 heterocycles. The van der Waals surface area contributed by atoms with E-state index in [1.807, 2.05) is 24.8 Å². The molecule has 0 radical (unpaired) electrons. The Morgan fingerprint density at radius 1 is 1.33 bits per heavy atom. The summed E-state index contributed by atoms with van der Waals surface area (Å²) in [6.07, 6.45) is 1.32. The Bertz CT molecular complexity index is 531. The van der Waals surface area contributed by atoms with Crippen molar-refractivity contribution in [1.29, 1.82) is 5.26 Å². The van der Waals surface area contributed by atoms with Gasteiger partial charge in [0.1, 0.15) is 12.2 Å². The lowest BCUT2D eigenvalue weighted by molar-refractivity contribution is -0.134. The van der Waals surface area contributed by atoms with Crippen molar-refractivity contribution in [3.63, 3.8) is 0 Å². The first-order chi connectivity index (χ1) is 11.2. The fraction of sp³-hybridized carbons (Fsp3) is 0.824. The van der Waals surface area contributed by atoms with E-state index in [0.29, 0.717) is 6.42 Å². The van der Waals surface area contributed by atoms with E-state index in [9.17, 15) is 14.0 Å². The second-order valence-electron chi connectivity index (χ2n) is 7.52. The topological polar surface area (TPSA) is 76.4 Å². The number of alkyl halides is 1. The van der Waals surface area contributed by atoms with Crippen LogP contribution in [-0.4, -0.2) is 65.0 Å². The first-order valence-corrected chi connectivity index (χ1v) is 8.61. The maximum atomic E-state index is 13.4. The van der Waals surface area contributed by atoms with E-state index in [0.717, 1.165) is 19.4 Å². The van der Waals surface area contributed by atoms with Gasteiger partial charge in [0.25, 0.3) is 0 Å². The van der Waals surface area contributed by atoms with Gasteiger partial charge in [0.05, 0.1) is 19.2 Å². The SMILES string of the molecule is C[C@@H]1CCCN1C(=O)CC(C)(C)NCC(=O)N1C[C@@H](F)C[C@H]1C#N. The molecule has 0 aromatic heterocycles. The number of nitriles is 1. The summed E-state index contributed by atoms with van der Waals surface area (Å²) in [6.45, 7) is 6.58. The number of nitrogens with one attached hydrogen (secondary N) is 1. The Balaban J connectivity index is 1.84. The molecule has 0 unspecified atom stereocenters. The molecule has 0 bridgehead atoms. The second kappa shape index (κ2) is 7.47. The Labute approximate surface area is 143 Å². The number of amides is 2. The third-order valence-electron chi connectivity index (χ3n) is 4.90. The number of hydrogen-bond donors (Lipinski definition) is 1. The minimum Gasteiger partial charge on any atom is -0.340 e. The molecule has 2 saturated heterocycles. The molecule has 2 fully saturated rings. The maximum Gasteiger partial charge on any atom is 0.237 e. The number of rotatable bonds is 5. The predicted octanol–water partition coefficient (Wildman–Crippen LogP) is 1.22. The number of nitrogens with zero attached hydrogens (tertiary/aromatic N) is 3. The lowest BCUT2D eigenvalue weighted by Gasteiger charge is -2.30. The van der Waals surface area contributed by atoms with Gasteiger partial charge in [-0.25, -0.2) is 4.39 Å². The number of likely N-dealkylation sites (tertiary alicyclic amines) is 2. The quantitative estimate of drug-likeness (QED) is 0.818. The van der Waals surface area contributed by atoms with Gasteiger partial charge in [-0.05, 0) is 33.6 Å². The zero-order valence-corrected chi connectivity index (χ0v) is 14.7. The minimum atomic E-state index is -1.13. The molecule has 1 N–H and O–H groups in total. The summed E-state index contributed by atoms with van der Waals surface area (Å²) in [5.74, 6) is -0.207. The zero-order valence-electron chi connectivity index (χ0n) is 14.7. The van der Waals surface area contributed by atoms with Gasteiger partial charge in [0, 0.05) is 31.0 Å². The van der Waals surface area contributed by atoms with Crippen molar-refractivity contribution in [3.8, 4) is 6.07 Å². The van der Waals surface area contributed by atoms with Crippen molar-refractivity contribution in [2.24, 2.45) is 0 Å². The van der Waals surface area contributed by atoms with E-state index in [4.69, 9.17) is 5.26 Å². The first-order valence-electron chi connectivity index (χ1n) is 8.61. The lowest BCUT2D eigenvalue weighted by Crippen LogP contribution is -2.50. The highest BCUT2D eigenvalue weighted by molar-refractivity contribution is 5.80. The van der Waals surface area contributed by atoms with Crippen molar-refractivity contribution in [3.05, 3.63) is 0 Å². The van der Waals surface area contributed by atoms with Crippen LogP contribution >= 0.6 is 0 Å². The molecule has 6 nitrogen and oxygen atoms in total. The molecule has 0 aromatic rings. The van der Waals surface area contributed by atoms with E-state index in [1.165, 1.54) is 4.90 Å². The maximum absolute atomic E-state index is 13.4. The second-order valence-corrected chi connectivity index (χ2v) is 7.52.